The van der Waals surface area contributed by atoms with Crippen LogP contribution in [0.5, 0.6) is 0 Å². The van der Waals surface area contributed by atoms with E-state index < -0.39 is 11.4 Å². The number of aryl methyl sites for hydroxylation is 2. The first-order valence-corrected chi connectivity index (χ1v) is 7.26. The van der Waals surface area contributed by atoms with E-state index in [1.807, 2.05) is 14.0 Å². The number of anilines is 1. The molecule has 2 heterocycles. The van der Waals surface area contributed by atoms with Gasteiger partial charge in [0.25, 0.3) is 5.91 Å². The molecule has 0 bridgehead atoms. The fourth-order valence-electron chi connectivity index (χ4n) is 2.34. The van der Waals surface area contributed by atoms with Crippen LogP contribution in [-0.2, 0) is 11.8 Å². The van der Waals surface area contributed by atoms with Gasteiger partial charge >= 0.3 is 0 Å². The summed E-state index contributed by atoms with van der Waals surface area (Å²) in [6.45, 7) is 5.34. The van der Waals surface area contributed by atoms with E-state index in [4.69, 9.17) is 11.5 Å². The average Bonchev–Trinajstić information content (AvgIpc) is 2.76. The van der Waals surface area contributed by atoms with Gasteiger partial charge in [0.05, 0.1) is 16.8 Å². The molecule has 0 spiro atoms. The number of thiophene rings is 1. The zero-order chi connectivity index (χ0) is 15.9. The molecule has 21 heavy (non-hydrogen) atoms. The molecule has 0 saturated heterocycles. The summed E-state index contributed by atoms with van der Waals surface area (Å²) in [6.07, 6.45) is 0.0596. The number of carbonyl (C=O) groups is 2. The lowest BCUT2D eigenvalue weighted by atomic mass is 10.00. The van der Waals surface area contributed by atoms with E-state index in [-0.39, 0.29) is 12.3 Å². The van der Waals surface area contributed by atoms with Crippen LogP contribution in [0, 0.1) is 6.92 Å². The van der Waals surface area contributed by atoms with E-state index >= 15 is 0 Å². The highest BCUT2D eigenvalue weighted by molar-refractivity contribution is 7.21. The lowest BCUT2D eigenvalue weighted by Gasteiger charge is -2.24. The topological polar surface area (TPSA) is 116 Å². The third-order valence-corrected chi connectivity index (χ3v) is 4.43. The van der Waals surface area contributed by atoms with E-state index in [0.29, 0.717) is 10.6 Å². The Morgan fingerprint density at radius 1 is 1.43 bits per heavy atom. The molecule has 0 unspecified atom stereocenters. The number of aromatic nitrogens is 2. The van der Waals surface area contributed by atoms with Crippen LogP contribution in [-0.4, -0.2) is 27.1 Å². The van der Waals surface area contributed by atoms with Crippen molar-refractivity contribution in [1.82, 2.24) is 15.1 Å². The Hall–Kier alpha value is -2.09. The quantitative estimate of drug-likeness (QED) is 0.778. The van der Waals surface area contributed by atoms with Crippen molar-refractivity contribution in [1.29, 1.82) is 0 Å². The van der Waals surface area contributed by atoms with Crippen molar-refractivity contribution in [2.24, 2.45) is 12.8 Å². The summed E-state index contributed by atoms with van der Waals surface area (Å²) in [5.74, 6) is -0.774. The number of hydrogen-bond donors (Lipinski definition) is 3. The third-order valence-electron chi connectivity index (χ3n) is 3.16. The molecule has 0 aromatic carbocycles. The number of primary amides is 1. The maximum atomic E-state index is 12.4. The summed E-state index contributed by atoms with van der Waals surface area (Å²) >= 11 is 1.29. The molecule has 114 valence electrons. The van der Waals surface area contributed by atoms with Gasteiger partial charge in [0.2, 0.25) is 5.91 Å². The Labute approximate surface area is 126 Å². The largest absolute Gasteiger partial charge is 0.397 e. The van der Waals surface area contributed by atoms with Crippen molar-refractivity contribution in [2.45, 2.75) is 32.7 Å². The highest BCUT2D eigenvalue weighted by atomic mass is 32.1. The van der Waals surface area contributed by atoms with Gasteiger partial charge in [-0.3, -0.25) is 14.3 Å². The number of nitrogens with zero attached hydrogens (tertiary/aromatic N) is 2. The SMILES string of the molecule is Cc1nn(C)c2sc(C(=O)NC(C)(C)CC(N)=O)c(N)c12. The number of nitrogens with one attached hydrogen (secondary N) is 1. The molecule has 0 aliphatic carbocycles. The molecule has 2 aromatic rings. The highest BCUT2D eigenvalue weighted by Crippen LogP contribution is 2.35. The maximum Gasteiger partial charge on any atom is 0.263 e. The Bertz CT molecular complexity index is 729. The molecule has 0 saturated carbocycles. The Morgan fingerprint density at radius 3 is 2.57 bits per heavy atom. The van der Waals surface area contributed by atoms with Crippen LogP contribution in [0.4, 0.5) is 5.69 Å². The van der Waals surface area contributed by atoms with Crippen molar-refractivity contribution in [3.05, 3.63) is 10.6 Å². The minimum absolute atomic E-state index is 0.0596. The zero-order valence-corrected chi connectivity index (χ0v) is 13.3. The Balaban J connectivity index is 2.34. The number of fused-ring (bicyclic) bond motifs is 1. The first-order chi connectivity index (χ1) is 9.62. The molecular formula is C13H19N5O2S. The average molecular weight is 309 g/mol. The van der Waals surface area contributed by atoms with Gasteiger partial charge in [-0.1, -0.05) is 0 Å². The zero-order valence-electron chi connectivity index (χ0n) is 12.5. The first kappa shape index (κ1) is 15.3. The van der Waals surface area contributed by atoms with Crippen molar-refractivity contribution in [3.63, 3.8) is 0 Å². The molecule has 0 radical (unpaired) electrons. The number of nitrogens with two attached hydrogens (primary N) is 2. The third kappa shape index (κ3) is 2.85. The fraction of sp³-hybridized carbons (Fsp3) is 0.462. The van der Waals surface area contributed by atoms with Crippen LogP contribution in [0.25, 0.3) is 10.2 Å². The maximum absolute atomic E-state index is 12.4. The van der Waals surface area contributed by atoms with Gasteiger partial charge in [-0.2, -0.15) is 5.10 Å². The minimum Gasteiger partial charge on any atom is -0.397 e. The predicted molar refractivity (Wildman–Crippen MR) is 83.1 cm³/mol. The smallest absolute Gasteiger partial charge is 0.263 e. The van der Waals surface area contributed by atoms with E-state index in [1.54, 1.807) is 18.5 Å². The number of hydrogen-bond acceptors (Lipinski definition) is 5. The van der Waals surface area contributed by atoms with Gasteiger partial charge in [0.1, 0.15) is 9.71 Å². The summed E-state index contributed by atoms with van der Waals surface area (Å²) in [7, 11) is 1.81. The van der Waals surface area contributed by atoms with Gasteiger partial charge in [-0.25, -0.2) is 0 Å². The van der Waals surface area contributed by atoms with E-state index in [0.717, 1.165) is 15.9 Å². The van der Waals surface area contributed by atoms with Gasteiger partial charge < -0.3 is 16.8 Å². The van der Waals surface area contributed by atoms with Crippen LogP contribution < -0.4 is 16.8 Å². The summed E-state index contributed by atoms with van der Waals surface area (Å²) in [5.41, 5.74) is 11.8. The molecule has 5 N–H and O–H groups in total. The van der Waals surface area contributed by atoms with Crippen LogP contribution in [0.15, 0.2) is 0 Å². The first-order valence-electron chi connectivity index (χ1n) is 6.45. The number of nitrogen functional groups attached to an aromatic ring is 1. The van der Waals surface area contributed by atoms with Gasteiger partial charge in [-0.05, 0) is 20.8 Å². The minimum atomic E-state index is -0.723. The van der Waals surface area contributed by atoms with Gasteiger partial charge in [-0.15, -0.1) is 11.3 Å². The number of carbonyl (C=O) groups excluding carboxylic acids is 2. The van der Waals surface area contributed by atoms with Crippen LogP contribution in [0.2, 0.25) is 0 Å². The summed E-state index contributed by atoms with van der Waals surface area (Å²) in [5, 5.41) is 7.88. The molecule has 2 aromatic heterocycles. The number of amides is 2. The molecule has 7 nitrogen and oxygen atoms in total. The molecular weight excluding hydrogens is 290 g/mol. The Kier molecular flexibility index (Phi) is 3.66. The summed E-state index contributed by atoms with van der Waals surface area (Å²) in [6, 6.07) is 0. The molecule has 0 aliphatic rings. The molecule has 0 atom stereocenters. The van der Waals surface area contributed by atoms with Crippen molar-refractivity contribution in [3.8, 4) is 0 Å². The van der Waals surface area contributed by atoms with E-state index in [1.165, 1.54) is 11.3 Å². The van der Waals surface area contributed by atoms with Crippen LogP contribution in [0.3, 0.4) is 0 Å². The fourth-order valence-corrected chi connectivity index (χ4v) is 3.42. The molecule has 8 heteroatoms. The predicted octanol–water partition coefficient (Wildman–Crippen LogP) is 0.909. The summed E-state index contributed by atoms with van der Waals surface area (Å²) < 4.78 is 1.71. The molecule has 0 fully saturated rings. The van der Waals surface area contributed by atoms with Crippen LogP contribution in [0.1, 0.15) is 35.6 Å². The number of rotatable bonds is 4. The Morgan fingerprint density at radius 2 is 2.05 bits per heavy atom. The second kappa shape index (κ2) is 5.03. The second-order valence-electron chi connectivity index (χ2n) is 5.72. The molecule has 2 rings (SSSR count). The normalized spacial score (nSPS) is 11.8. The van der Waals surface area contributed by atoms with Crippen molar-refractivity contribution < 1.29 is 9.59 Å². The monoisotopic (exact) mass is 309 g/mol. The van der Waals surface area contributed by atoms with Gasteiger partial charge in [0, 0.05) is 19.0 Å². The van der Waals surface area contributed by atoms with E-state index in [9.17, 15) is 9.59 Å². The highest BCUT2D eigenvalue weighted by Gasteiger charge is 2.27. The second-order valence-corrected chi connectivity index (χ2v) is 6.71. The van der Waals surface area contributed by atoms with Crippen molar-refractivity contribution >= 4 is 39.1 Å². The summed E-state index contributed by atoms with van der Waals surface area (Å²) in [4.78, 5) is 24.7. The lowest BCUT2D eigenvalue weighted by molar-refractivity contribution is -0.119. The molecule has 2 amide bonds. The van der Waals surface area contributed by atoms with Crippen LogP contribution >= 0.6 is 11.3 Å². The van der Waals surface area contributed by atoms with Crippen molar-refractivity contribution in [2.75, 3.05) is 5.73 Å². The standard InChI is InChI=1S/C13H19N5O2S/c1-6-8-9(15)10(21-12(8)18(4)17-6)11(20)16-13(2,3)5-7(14)19/h5,15H2,1-4H3,(H2,14,19)(H,16,20). The molecule has 0 aliphatic heterocycles. The lowest BCUT2D eigenvalue weighted by Crippen LogP contribution is -2.45. The van der Waals surface area contributed by atoms with E-state index in [2.05, 4.69) is 10.4 Å². The van der Waals surface area contributed by atoms with Gasteiger partial charge in [0.15, 0.2) is 0 Å².